The van der Waals surface area contributed by atoms with Crippen LogP contribution in [0.3, 0.4) is 0 Å². The van der Waals surface area contributed by atoms with E-state index >= 15 is 0 Å². The summed E-state index contributed by atoms with van der Waals surface area (Å²) in [5.41, 5.74) is 7.45. The number of fused-ring (bicyclic) bond motifs is 4. The van der Waals surface area contributed by atoms with Gasteiger partial charge in [0, 0.05) is 17.8 Å². The fourth-order valence-electron chi connectivity index (χ4n) is 6.20. The summed E-state index contributed by atoms with van der Waals surface area (Å²) in [4.78, 5) is 40.8. The zero-order chi connectivity index (χ0) is 32.4. The molecule has 0 aliphatic heterocycles. The fourth-order valence-corrected chi connectivity index (χ4v) is 6.20. The number of rotatable bonds is 14. The van der Waals surface area contributed by atoms with Crippen LogP contribution < -0.4 is 5.32 Å². The number of ether oxygens (including phenoxy) is 3. The lowest BCUT2D eigenvalue weighted by Gasteiger charge is -2.16. The summed E-state index contributed by atoms with van der Waals surface area (Å²) in [6.45, 7) is 2.12. The molecule has 47 heavy (non-hydrogen) atoms. The molecule has 1 aromatic heterocycles. The molecule has 0 saturated heterocycles. The van der Waals surface area contributed by atoms with Gasteiger partial charge in [0.1, 0.15) is 6.61 Å². The number of aromatic nitrogens is 1. The summed E-state index contributed by atoms with van der Waals surface area (Å²) in [5, 5.41) is 3.73. The summed E-state index contributed by atoms with van der Waals surface area (Å²) in [7, 11) is 0. The average Bonchev–Trinajstić information content (AvgIpc) is 3.61. The van der Waals surface area contributed by atoms with Gasteiger partial charge in [-0.25, -0.2) is 19.1 Å². The van der Waals surface area contributed by atoms with E-state index in [0.29, 0.717) is 44.2 Å². The molecule has 0 radical (unpaired) electrons. The second-order valence-electron chi connectivity index (χ2n) is 11.1. The molecule has 0 unspecified atom stereocenters. The maximum atomic E-state index is 14.1. The van der Waals surface area contributed by atoms with Gasteiger partial charge in [0.15, 0.2) is 0 Å². The van der Waals surface area contributed by atoms with E-state index in [9.17, 15) is 14.4 Å². The molecule has 0 spiro atoms. The Kier molecular flexibility index (Phi) is 10.3. The third kappa shape index (κ3) is 7.08. The first-order valence-corrected chi connectivity index (χ1v) is 15.7. The van der Waals surface area contributed by atoms with E-state index in [1.165, 1.54) is 6.08 Å². The Morgan fingerprint density at radius 2 is 1.40 bits per heavy atom. The summed E-state index contributed by atoms with van der Waals surface area (Å²) in [6.07, 6.45) is 1.03. The largest absolute Gasteiger partial charge is 0.448 e. The predicted molar refractivity (Wildman–Crippen MR) is 179 cm³/mol. The first kappa shape index (κ1) is 31.6. The number of hydrogen-bond donors (Lipinski definition) is 1. The molecule has 0 atom stereocenters. The van der Waals surface area contributed by atoms with Gasteiger partial charge < -0.3 is 19.5 Å². The Hall–Kier alpha value is -5.34. The van der Waals surface area contributed by atoms with Gasteiger partial charge in [-0.2, -0.15) is 0 Å². The summed E-state index contributed by atoms with van der Waals surface area (Å²) in [5.74, 6) is -0.270. The third-order valence-electron chi connectivity index (χ3n) is 8.24. The molecule has 4 aromatic carbocycles. The highest BCUT2D eigenvalue weighted by Gasteiger charge is 2.30. The number of nitrogens with one attached hydrogen (secondary N) is 1. The first-order valence-electron chi connectivity index (χ1n) is 15.7. The van der Waals surface area contributed by atoms with Crippen LogP contribution >= 0.6 is 0 Å². The Labute approximate surface area is 272 Å². The molecule has 6 rings (SSSR count). The van der Waals surface area contributed by atoms with Gasteiger partial charge in [0.25, 0.3) is 0 Å². The van der Waals surface area contributed by atoms with Gasteiger partial charge >= 0.3 is 6.09 Å². The van der Waals surface area contributed by atoms with E-state index in [2.05, 4.69) is 34.6 Å². The Balaban J connectivity index is 1.19. The van der Waals surface area contributed by atoms with Gasteiger partial charge in [-0.05, 0) is 39.4 Å². The van der Waals surface area contributed by atoms with Crippen molar-refractivity contribution in [3.63, 3.8) is 0 Å². The van der Waals surface area contributed by atoms with Crippen molar-refractivity contribution in [1.82, 2.24) is 9.88 Å². The highest BCUT2D eigenvalue weighted by atomic mass is 16.5. The number of benzene rings is 4. The van der Waals surface area contributed by atoms with E-state index < -0.39 is 6.09 Å². The number of carbonyl (C=O) groups excluding carboxylic acids is 3. The Morgan fingerprint density at radius 1 is 0.766 bits per heavy atom. The molecule has 1 N–H and O–H groups in total. The highest BCUT2D eigenvalue weighted by Crippen LogP contribution is 2.44. The Bertz CT molecular complexity index is 1870. The molecule has 1 aliphatic carbocycles. The molecule has 1 heterocycles. The van der Waals surface area contributed by atoms with Crippen molar-refractivity contribution in [2.75, 3.05) is 46.1 Å². The lowest BCUT2D eigenvalue weighted by Crippen LogP contribution is -2.29. The van der Waals surface area contributed by atoms with Crippen molar-refractivity contribution >= 4 is 29.0 Å². The van der Waals surface area contributed by atoms with Crippen LogP contribution in [0.1, 0.15) is 22.6 Å². The number of aliphatic imine (C=N–C) groups is 1. The molecule has 9 heteroatoms. The van der Waals surface area contributed by atoms with Gasteiger partial charge in [-0.1, -0.05) is 97.1 Å². The van der Waals surface area contributed by atoms with E-state index in [1.807, 2.05) is 78.9 Å². The maximum Gasteiger partial charge on any atom is 0.419 e. The Morgan fingerprint density at radius 3 is 2.13 bits per heavy atom. The quantitative estimate of drug-likeness (QED) is 0.0899. The van der Waals surface area contributed by atoms with Crippen LogP contribution in [-0.2, 0) is 30.2 Å². The molecule has 5 aromatic rings. The molecule has 0 fully saturated rings. The van der Waals surface area contributed by atoms with Gasteiger partial charge in [-0.15, -0.1) is 0 Å². The molecular weight excluding hydrogens is 594 g/mol. The number of hydrogen-bond acceptors (Lipinski definition) is 7. The highest BCUT2D eigenvalue weighted by molar-refractivity contribution is 6.01. The van der Waals surface area contributed by atoms with Crippen molar-refractivity contribution in [1.29, 1.82) is 0 Å². The van der Waals surface area contributed by atoms with Crippen LogP contribution in [-0.4, -0.2) is 68.8 Å². The van der Waals surface area contributed by atoms with Crippen LogP contribution in [0.4, 0.5) is 4.79 Å². The second kappa shape index (κ2) is 15.3. The minimum absolute atomic E-state index is 0.0642. The van der Waals surface area contributed by atoms with Crippen molar-refractivity contribution < 1.29 is 28.6 Å². The van der Waals surface area contributed by atoms with Crippen LogP contribution in [0.15, 0.2) is 108 Å². The van der Waals surface area contributed by atoms with E-state index in [-0.39, 0.29) is 31.4 Å². The zero-order valence-corrected chi connectivity index (χ0v) is 25.9. The fraction of sp³-hybridized carbons (Fsp3) is 0.237. The van der Waals surface area contributed by atoms with Crippen molar-refractivity contribution in [2.45, 2.75) is 12.3 Å². The summed E-state index contributed by atoms with van der Waals surface area (Å²) in [6, 6.07) is 33.7. The lowest BCUT2D eigenvalue weighted by molar-refractivity contribution is -0.120. The van der Waals surface area contributed by atoms with Crippen LogP contribution in [0.2, 0.25) is 0 Å². The van der Waals surface area contributed by atoms with E-state index in [0.717, 1.165) is 38.8 Å². The second-order valence-corrected chi connectivity index (χ2v) is 11.1. The number of carbonyl (C=O) groups is 2. The maximum absolute atomic E-state index is 14.1. The van der Waals surface area contributed by atoms with Crippen LogP contribution in [0.25, 0.3) is 33.3 Å². The van der Waals surface area contributed by atoms with Crippen LogP contribution in [0.5, 0.6) is 0 Å². The monoisotopic (exact) mass is 629 g/mol. The molecule has 238 valence electrons. The summed E-state index contributed by atoms with van der Waals surface area (Å²) >= 11 is 0. The third-order valence-corrected chi connectivity index (χ3v) is 8.24. The normalized spacial score (nSPS) is 11.9. The first-order chi connectivity index (χ1) is 23.2. The predicted octanol–water partition coefficient (Wildman–Crippen LogP) is 6.13. The molecule has 0 saturated carbocycles. The molecule has 0 bridgehead atoms. The number of nitrogens with zero attached hydrogens (tertiary/aromatic N) is 2. The SMILES string of the molecule is O=C=NCCOCCOCCNC(=O)Cc1c(-c2ccccc2)n(C(=O)OCC2c3ccccc3-c3ccccc32)c2ccccc12. The van der Waals surface area contributed by atoms with Gasteiger partial charge in [-0.3, -0.25) is 4.79 Å². The average molecular weight is 630 g/mol. The van der Waals surface area contributed by atoms with Crippen molar-refractivity contribution in [3.8, 4) is 22.4 Å². The molecule has 1 aliphatic rings. The lowest BCUT2D eigenvalue weighted by atomic mass is 9.98. The number of isocyanates is 1. The molecule has 1 amide bonds. The number of amides is 1. The molecular formula is C38H35N3O6. The smallest absolute Gasteiger partial charge is 0.419 e. The summed E-state index contributed by atoms with van der Waals surface area (Å²) < 4.78 is 18.6. The van der Waals surface area contributed by atoms with E-state index in [4.69, 9.17) is 14.2 Å². The topological polar surface area (TPSA) is 108 Å². The van der Waals surface area contributed by atoms with Crippen molar-refractivity contribution in [3.05, 3.63) is 120 Å². The molecule has 9 nitrogen and oxygen atoms in total. The zero-order valence-electron chi connectivity index (χ0n) is 25.9. The standard InChI is InChI=1S/C38H35N3O6/c42-26-39-18-20-45-22-23-46-21-19-40-36(43)24-33-32-16-8-9-17-35(32)41(37(33)27-10-2-1-3-11-27)38(44)47-25-34-30-14-6-4-12-28(30)29-13-5-7-15-31(29)34/h1-17,34H,18-25H2,(H,40,43). The number of para-hydroxylation sites is 1. The van der Waals surface area contributed by atoms with Gasteiger partial charge in [0.05, 0.1) is 50.6 Å². The van der Waals surface area contributed by atoms with Crippen molar-refractivity contribution in [2.24, 2.45) is 4.99 Å². The van der Waals surface area contributed by atoms with E-state index in [1.54, 1.807) is 4.57 Å². The minimum atomic E-state index is -0.498. The van der Waals surface area contributed by atoms with Crippen LogP contribution in [0, 0.1) is 0 Å². The van der Waals surface area contributed by atoms with Gasteiger partial charge in [0.2, 0.25) is 12.0 Å². The minimum Gasteiger partial charge on any atom is -0.448 e.